The van der Waals surface area contributed by atoms with Crippen LogP contribution in [0.15, 0.2) is 54.7 Å². The van der Waals surface area contributed by atoms with Gasteiger partial charge in [-0.3, -0.25) is 9.78 Å². The number of fused-ring (bicyclic) bond motifs is 1. The summed E-state index contributed by atoms with van der Waals surface area (Å²) in [7, 11) is 2.17. The zero-order valence-corrected chi connectivity index (χ0v) is 18.3. The van der Waals surface area contributed by atoms with Crippen molar-refractivity contribution in [3.8, 4) is 0 Å². The Hall–Kier alpha value is -2.92. The van der Waals surface area contributed by atoms with Crippen LogP contribution >= 0.6 is 0 Å². The SMILES string of the molecule is Cc1ccc(NC2CCN(C)CC2)cc1C(=O)NC1(c2cccc3ncccc23)CC1. The summed E-state index contributed by atoms with van der Waals surface area (Å²) in [6.45, 7) is 4.23. The lowest BCUT2D eigenvalue weighted by Crippen LogP contribution is -2.37. The van der Waals surface area contributed by atoms with Gasteiger partial charge in [-0.05, 0) is 88.1 Å². The van der Waals surface area contributed by atoms with Crippen LogP contribution in [0, 0.1) is 6.92 Å². The fourth-order valence-corrected chi connectivity index (χ4v) is 4.74. The normalized spacial score (nSPS) is 18.6. The standard InChI is InChI=1S/C26H30N4O/c1-18-8-9-20(28-19-10-15-30(2)16-11-19)17-22(18)25(31)29-26(12-13-26)23-6-3-7-24-21(23)5-4-14-27-24/h3-9,14,17,19,28H,10-13,15-16H2,1-2H3,(H,29,31). The van der Waals surface area contributed by atoms with Crippen LogP contribution < -0.4 is 10.6 Å². The maximum atomic E-state index is 13.4. The number of carbonyl (C=O) groups is 1. The van der Waals surface area contributed by atoms with E-state index in [9.17, 15) is 4.79 Å². The number of benzene rings is 2. The molecule has 1 aliphatic heterocycles. The molecule has 1 amide bonds. The van der Waals surface area contributed by atoms with E-state index in [4.69, 9.17) is 0 Å². The van der Waals surface area contributed by atoms with Crippen molar-refractivity contribution in [2.24, 2.45) is 0 Å². The third kappa shape index (κ3) is 4.02. The van der Waals surface area contributed by atoms with Gasteiger partial charge in [0.25, 0.3) is 5.91 Å². The number of amides is 1. The number of hydrogen-bond acceptors (Lipinski definition) is 4. The molecule has 1 saturated carbocycles. The number of anilines is 1. The van der Waals surface area contributed by atoms with Gasteiger partial charge in [-0.1, -0.05) is 24.3 Å². The molecule has 1 saturated heterocycles. The van der Waals surface area contributed by atoms with Crippen LogP contribution in [0.3, 0.4) is 0 Å². The molecule has 0 bridgehead atoms. The second-order valence-electron chi connectivity index (χ2n) is 9.16. The number of aryl methyl sites for hydroxylation is 1. The molecular weight excluding hydrogens is 384 g/mol. The predicted octanol–water partition coefficient (Wildman–Crippen LogP) is 4.47. The molecule has 1 aliphatic carbocycles. The zero-order valence-electron chi connectivity index (χ0n) is 18.3. The number of piperidine rings is 1. The van der Waals surface area contributed by atoms with Crippen LogP contribution in [-0.2, 0) is 5.54 Å². The number of hydrogen-bond donors (Lipinski definition) is 2. The van der Waals surface area contributed by atoms with Crippen molar-refractivity contribution in [3.05, 3.63) is 71.4 Å². The van der Waals surface area contributed by atoms with E-state index in [0.717, 1.165) is 66.5 Å². The molecule has 160 valence electrons. The van der Waals surface area contributed by atoms with Gasteiger partial charge in [-0.15, -0.1) is 0 Å². The molecule has 31 heavy (non-hydrogen) atoms. The minimum atomic E-state index is -0.288. The number of nitrogens with zero attached hydrogens (tertiary/aromatic N) is 2. The van der Waals surface area contributed by atoms with E-state index in [0.29, 0.717) is 6.04 Å². The molecule has 0 atom stereocenters. The number of carbonyl (C=O) groups excluding carboxylic acids is 1. The summed E-state index contributed by atoms with van der Waals surface area (Å²) in [5.74, 6) is 0.00270. The van der Waals surface area contributed by atoms with E-state index in [1.807, 2.05) is 43.5 Å². The predicted molar refractivity (Wildman–Crippen MR) is 125 cm³/mol. The van der Waals surface area contributed by atoms with Crippen molar-refractivity contribution < 1.29 is 4.79 Å². The Kier molecular flexibility index (Phi) is 5.14. The van der Waals surface area contributed by atoms with Crippen LogP contribution in [0.5, 0.6) is 0 Å². The van der Waals surface area contributed by atoms with Crippen molar-refractivity contribution in [2.75, 3.05) is 25.5 Å². The number of nitrogens with one attached hydrogen (secondary N) is 2. The van der Waals surface area contributed by atoms with Crippen LogP contribution in [0.1, 0.15) is 47.2 Å². The first-order valence-electron chi connectivity index (χ1n) is 11.3. The molecule has 2 aromatic carbocycles. The summed E-state index contributed by atoms with van der Waals surface area (Å²) < 4.78 is 0. The third-order valence-electron chi connectivity index (χ3n) is 6.84. The van der Waals surface area contributed by atoms with Crippen LogP contribution in [-0.4, -0.2) is 42.0 Å². The van der Waals surface area contributed by atoms with Gasteiger partial charge >= 0.3 is 0 Å². The largest absolute Gasteiger partial charge is 0.382 e. The van der Waals surface area contributed by atoms with Crippen LogP contribution in [0.4, 0.5) is 5.69 Å². The second-order valence-corrected chi connectivity index (χ2v) is 9.16. The van der Waals surface area contributed by atoms with Crippen molar-refractivity contribution in [3.63, 3.8) is 0 Å². The van der Waals surface area contributed by atoms with Crippen molar-refractivity contribution in [2.45, 2.75) is 44.2 Å². The van der Waals surface area contributed by atoms with Gasteiger partial charge in [0.05, 0.1) is 11.1 Å². The monoisotopic (exact) mass is 414 g/mol. The van der Waals surface area contributed by atoms with Gasteiger partial charge in [-0.25, -0.2) is 0 Å². The van der Waals surface area contributed by atoms with Crippen molar-refractivity contribution >= 4 is 22.5 Å². The first-order chi connectivity index (χ1) is 15.0. The minimum Gasteiger partial charge on any atom is -0.382 e. The zero-order chi connectivity index (χ0) is 21.4. The van der Waals surface area contributed by atoms with E-state index in [-0.39, 0.29) is 11.4 Å². The third-order valence-corrected chi connectivity index (χ3v) is 6.84. The van der Waals surface area contributed by atoms with Gasteiger partial charge in [-0.2, -0.15) is 0 Å². The van der Waals surface area contributed by atoms with Gasteiger partial charge in [0.2, 0.25) is 0 Å². The molecule has 5 heteroatoms. The summed E-state index contributed by atoms with van der Waals surface area (Å²) >= 11 is 0. The Bertz CT molecular complexity index is 1110. The highest BCUT2D eigenvalue weighted by molar-refractivity contribution is 5.98. The topological polar surface area (TPSA) is 57.3 Å². The van der Waals surface area contributed by atoms with Crippen LogP contribution in [0.25, 0.3) is 10.9 Å². The molecule has 0 unspecified atom stereocenters. The summed E-state index contributed by atoms with van der Waals surface area (Å²) in [6.07, 6.45) is 5.99. The molecule has 2 N–H and O–H groups in total. The molecule has 0 spiro atoms. The average Bonchev–Trinajstić information content (AvgIpc) is 3.56. The number of likely N-dealkylation sites (tertiary alicyclic amines) is 1. The minimum absolute atomic E-state index is 0.00270. The smallest absolute Gasteiger partial charge is 0.252 e. The Morgan fingerprint density at radius 1 is 1.10 bits per heavy atom. The lowest BCUT2D eigenvalue weighted by Gasteiger charge is -2.30. The average molecular weight is 415 g/mol. The molecule has 2 fully saturated rings. The highest BCUT2D eigenvalue weighted by atomic mass is 16.1. The van der Waals surface area contributed by atoms with E-state index < -0.39 is 0 Å². The molecule has 2 heterocycles. The summed E-state index contributed by atoms with van der Waals surface area (Å²) in [6, 6.07) is 16.9. The highest BCUT2D eigenvalue weighted by Crippen LogP contribution is 2.48. The lowest BCUT2D eigenvalue weighted by molar-refractivity contribution is 0.0930. The van der Waals surface area contributed by atoms with E-state index >= 15 is 0 Å². The van der Waals surface area contributed by atoms with Gasteiger partial charge < -0.3 is 15.5 Å². The van der Waals surface area contributed by atoms with E-state index in [2.05, 4.69) is 45.8 Å². The molecule has 5 rings (SSSR count). The molecular formula is C26H30N4O. The first-order valence-corrected chi connectivity index (χ1v) is 11.3. The van der Waals surface area contributed by atoms with E-state index in [1.54, 1.807) is 0 Å². The summed E-state index contributed by atoms with van der Waals surface area (Å²) in [5.41, 5.74) is 4.64. The lowest BCUT2D eigenvalue weighted by atomic mass is 9.98. The van der Waals surface area contributed by atoms with Gasteiger partial charge in [0, 0.05) is 28.9 Å². The quantitative estimate of drug-likeness (QED) is 0.647. The molecule has 0 radical (unpaired) electrons. The fraction of sp³-hybridized carbons (Fsp3) is 0.385. The highest BCUT2D eigenvalue weighted by Gasteiger charge is 2.46. The van der Waals surface area contributed by atoms with Gasteiger partial charge in [0.1, 0.15) is 0 Å². The summed E-state index contributed by atoms with van der Waals surface area (Å²) in [5, 5.41) is 8.13. The van der Waals surface area contributed by atoms with Gasteiger partial charge in [0.15, 0.2) is 0 Å². The Morgan fingerprint density at radius 2 is 1.90 bits per heavy atom. The number of pyridine rings is 1. The second kappa shape index (κ2) is 7.97. The summed E-state index contributed by atoms with van der Waals surface area (Å²) in [4.78, 5) is 20.2. The molecule has 5 nitrogen and oxygen atoms in total. The number of rotatable bonds is 5. The van der Waals surface area contributed by atoms with E-state index in [1.165, 1.54) is 5.56 Å². The van der Waals surface area contributed by atoms with Crippen LogP contribution in [0.2, 0.25) is 0 Å². The number of aromatic nitrogens is 1. The fourth-order valence-electron chi connectivity index (χ4n) is 4.74. The maximum absolute atomic E-state index is 13.4. The Labute approximate surface area is 183 Å². The first kappa shape index (κ1) is 20.0. The Morgan fingerprint density at radius 3 is 2.68 bits per heavy atom. The van der Waals surface area contributed by atoms with Crippen molar-refractivity contribution in [1.82, 2.24) is 15.2 Å². The molecule has 3 aromatic rings. The molecule has 1 aromatic heterocycles. The van der Waals surface area contributed by atoms with Crippen molar-refractivity contribution in [1.29, 1.82) is 0 Å². The molecule has 2 aliphatic rings. The maximum Gasteiger partial charge on any atom is 0.252 e. The Balaban J connectivity index is 1.36.